The highest BCUT2D eigenvalue weighted by molar-refractivity contribution is 9.10. The van der Waals surface area contributed by atoms with Gasteiger partial charge in [0.25, 0.3) is 0 Å². The van der Waals surface area contributed by atoms with Gasteiger partial charge in [0.2, 0.25) is 0 Å². The van der Waals surface area contributed by atoms with Crippen molar-refractivity contribution in [2.45, 2.75) is 25.2 Å². The van der Waals surface area contributed by atoms with Gasteiger partial charge >= 0.3 is 0 Å². The Bertz CT molecular complexity index is 642. The Morgan fingerprint density at radius 1 is 1.24 bits per heavy atom. The van der Waals surface area contributed by atoms with E-state index in [0.717, 1.165) is 26.9 Å². The molecule has 1 N–H and O–H groups in total. The maximum absolute atomic E-state index is 10.4. The zero-order chi connectivity index (χ0) is 14.8. The molecule has 3 rings (SSSR count). The fourth-order valence-electron chi connectivity index (χ4n) is 2.74. The van der Waals surface area contributed by atoms with E-state index in [2.05, 4.69) is 15.9 Å². The third-order valence-corrected chi connectivity index (χ3v) is 4.23. The number of hydrogen-bond acceptors (Lipinski definition) is 3. The van der Waals surface area contributed by atoms with E-state index in [1.54, 1.807) is 7.11 Å². The quantitative estimate of drug-likeness (QED) is 0.905. The van der Waals surface area contributed by atoms with Crippen LogP contribution in [0.15, 0.2) is 46.9 Å². The lowest BCUT2D eigenvalue weighted by Crippen LogP contribution is -2.20. The second kappa shape index (κ2) is 6.18. The molecule has 21 heavy (non-hydrogen) atoms. The monoisotopic (exact) mass is 348 g/mol. The van der Waals surface area contributed by atoms with Gasteiger partial charge in [-0.15, -0.1) is 0 Å². The SMILES string of the molecule is COCc1ccccc1C1C[C@H](O)c2cc(Br)ccc2O1. The average Bonchev–Trinajstić information content (AvgIpc) is 2.49. The first-order valence-electron chi connectivity index (χ1n) is 6.90. The summed E-state index contributed by atoms with van der Waals surface area (Å²) in [5.41, 5.74) is 3.01. The van der Waals surface area contributed by atoms with E-state index in [0.29, 0.717) is 13.0 Å². The van der Waals surface area contributed by atoms with Gasteiger partial charge in [0, 0.05) is 23.6 Å². The van der Waals surface area contributed by atoms with Crippen molar-refractivity contribution in [3.05, 3.63) is 63.6 Å². The number of ether oxygens (including phenoxy) is 2. The highest BCUT2D eigenvalue weighted by Crippen LogP contribution is 2.42. The number of rotatable bonds is 3. The van der Waals surface area contributed by atoms with E-state index in [1.165, 1.54) is 0 Å². The number of aliphatic hydroxyl groups is 1. The summed E-state index contributed by atoms with van der Waals surface area (Å²) >= 11 is 3.43. The Labute approximate surface area is 132 Å². The number of benzene rings is 2. The van der Waals surface area contributed by atoms with Crippen LogP contribution in [0.2, 0.25) is 0 Å². The van der Waals surface area contributed by atoms with Gasteiger partial charge in [0.05, 0.1) is 12.7 Å². The lowest BCUT2D eigenvalue weighted by molar-refractivity contribution is 0.0641. The maximum Gasteiger partial charge on any atom is 0.127 e. The van der Waals surface area contributed by atoms with Crippen molar-refractivity contribution in [3.8, 4) is 5.75 Å². The second-order valence-corrected chi connectivity index (χ2v) is 6.09. The molecule has 0 aliphatic carbocycles. The van der Waals surface area contributed by atoms with Crippen LogP contribution in [0, 0.1) is 0 Å². The van der Waals surface area contributed by atoms with E-state index in [-0.39, 0.29) is 6.10 Å². The van der Waals surface area contributed by atoms with Crippen LogP contribution in [0.1, 0.15) is 35.3 Å². The molecule has 1 aliphatic heterocycles. The molecule has 0 bridgehead atoms. The zero-order valence-electron chi connectivity index (χ0n) is 11.8. The molecule has 1 aliphatic rings. The number of fused-ring (bicyclic) bond motifs is 1. The summed E-state index contributed by atoms with van der Waals surface area (Å²) in [7, 11) is 1.68. The van der Waals surface area contributed by atoms with Crippen LogP contribution in [0.3, 0.4) is 0 Å². The first kappa shape index (κ1) is 14.6. The molecule has 2 aromatic carbocycles. The first-order chi connectivity index (χ1) is 10.2. The van der Waals surface area contributed by atoms with E-state index < -0.39 is 6.10 Å². The lowest BCUT2D eigenvalue weighted by atomic mass is 9.92. The van der Waals surface area contributed by atoms with Gasteiger partial charge in [-0.25, -0.2) is 0 Å². The van der Waals surface area contributed by atoms with E-state index >= 15 is 0 Å². The molecule has 110 valence electrons. The smallest absolute Gasteiger partial charge is 0.127 e. The number of methoxy groups -OCH3 is 1. The van der Waals surface area contributed by atoms with Crippen LogP contribution in [0.5, 0.6) is 5.75 Å². The minimum atomic E-state index is -0.521. The summed E-state index contributed by atoms with van der Waals surface area (Å²) in [6.07, 6.45) is -0.128. The van der Waals surface area contributed by atoms with Crippen molar-refractivity contribution < 1.29 is 14.6 Å². The summed E-state index contributed by atoms with van der Waals surface area (Å²) < 4.78 is 12.3. The summed E-state index contributed by atoms with van der Waals surface area (Å²) in [5, 5.41) is 10.4. The summed E-state index contributed by atoms with van der Waals surface area (Å²) in [6, 6.07) is 13.8. The second-order valence-electron chi connectivity index (χ2n) is 5.17. The molecule has 3 nitrogen and oxygen atoms in total. The fraction of sp³-hybridized carbons (Fsp3) is 0.294. The van der Waals surface area contributed by atoms with Crippen molar-refractivity contribution in [3.63, 3.8) is 0 Å². The zero-order valence-corrected chi connectivity index (χ0v) is 13.3. The van der Waals surface area contributed by atoms with Crippen LogP contribution in [-0.4, -0.2) is 12.2 Å². The molecule has 2 aromatic rings. The normalized spacial score (nSPS) is 20.7. The van der Waals surface area contributed by atoms with Crippen LogP contribution in [0.25, 0.3) is 0 Å². The molecular formula is C17H17BrO3. The number of hydrogen-bond donors (Lipinski definition) is 1. The highest BCUT2D eigenvalue weighted by atomic mass is 79.9. The number of halogens is 1. The summed E-state index contributed by atoms with van der Waals surface area (Å²) in [5.74, 6) is 0.745. The first-order valence-corrected chi connectivity index (χ1v) is 7.69. The molecule has 0 radical (unpaired) electrons. The third-order valence-electron chi connectivity index (χ3n) is 3.74. The highest BCUT2D eigenvalue weighted by Gasteiger charge is 2.29. The lowest BCUT2D eigenvalue weighted by Gasteiger charge is -2.31. The van der Waals surface area contributed by atoms with Crippen LogP contribution in [-0.2, 0) is 11.3 Å². The Morgan fingerprint density at radius 3 is 2.86 bits per heavy atom. The summed E-state index contributed by atoms with van der Waals surface area (Å²) in [6.45, 7) is 0.541. The standard InChI is InChI=1S/C17H17BrO3/c1-20-10-11-4-2-3-5-13(11)17-9-15(19)14-8-12(18)6-7-16(14)21-17/h2-8,15,17,19H,9-10H2,1H3/t15-,17?/m0/s1. The predicted octanol–water partition coefficient (Wildman–Crippen LogP) is 4.15. The van der Waals surface area contributed by atoms with Crippen molar-refractivity contribution in [1.82, 2.24) is 0 Å². The molecular weight excluding hydrogens is 332 g/mol. The Morgan fingerprint density at radius 2 is 2.05 bits per heavy atom. The van der Waals surface area contributed by atoms with Crippen LogP contribution in [0.4, 0.5) is 0 Å². The largest absolute Gasteiger partial charge is 0.485 e. The molecule has 0 saturated heterocycles. The predicted molar refractivity (Wildman–Crippen MR) is 84.2 cm³/mol. The van der Waals surface area contributed by atoms with Crippen molar-refractivity contribution in [1.29, 1.82) is 0 Å². The van der Waals surface area contributed by atoms with E-state index in [4.69, 9.17) is 9.47 Å². The van der Waals surface area contributed by atoms with Crippen molar-refractivity contribution in [2.75, 3.05) is 7.11 Å². The molecule has 2 atom stereocenters. The number of aliphatic hydroxyl groups excluding tert-OH is 1. The Hall–Kier alpha value is -1.36. The van der Waals surface area contributed by atoms with Gasteiger partial charge in [-0.05, 0) is 29.3 Å². The van der Waals surface area contributed by atoms with Gasteiger partial charge in [0.15, 0.2) is 0 Å². The van der Waals surface area contributed by atoms with Crippen LogP contribution < -0.4 is 4.74 Å². The minimum absolute atomic E-state index is 0.153. The molecule has 1 unspecified atom stereocenters. The van der Waals surface area contributed by atoms with E-state index in [9.17, 15) is 5.11 Å². The molecule has 1 heterocycles. The van der Waals surface area contributed by atoms with Crippen molar-refractivity contribution >= 4 is 15.9 Å². The Balaban J connectivity index is 1.94. The average molecular weight is 349 g/mol. The molecule has 4 heteroatoms. The van der Waals surface area contributed by atoms with E-state index in [1.807, 2.05) is 42.5 Å². The van der Waals surface area contributed by atoms with Gasteiger partial charge in [-0.3, -0.25) is 0 Å². The molecule has 0 aromatic heterocycles. The molecule has 0 amide bonds. The van der Waals surface area contributed by atoms with Gasteiger partial charge in [0.1, 0.15) is 11.9 Å². The summed E-state index contributed by atoms with van der Waals surface area (Å²) in [4.78, 5) is 0. The van der Waals surface area contributed by atoms with Gasteiger partial charge in [-0.2, -0.15) is 0 Å². The third kappa shape index (κ3) is 2.98. The van der Waals surface area contributed by atoms with Crippen molar-refractivity contribution in [2.24, 2.45) is 0 Å². The minimum Gasteiger partial charge on any atom is -0.485 e. The van der Waals surface area contributed by atoms with Gasteiger partial charge < -0.3 is 14.6 Å². The van der Waals surface area contributed by atoms with Gasteiger partial charge in [-0.1, -0.05) is 40.2 Å². The fourth-order valence-corrected chi connectivity index (χ4v) is 3.12. The van der Waals surface area contributed by atoms with Crippen LogP contribution >= 0.6 is 15.9 Å². The molecule has 0 fully saturated rings. The topological polar surface area (TPSA) is 38.7 Å². The maximum atomic E-state index is 10.4. The molecule has 0 saturated carbocycles. The molecule has 0 spiro atoms. The Kier molecular flexibility index (Phi) is 4.29.